The van der Waals surface area contributed by atoms with Crippen molar-refractivity contribution in [2.45, 2.75) is 232 Å². The Hall–Kier alpha value is -9.31. The average Bonchev–Trinajstić information content (AvgIpc) is 1.66. The maximum absolute atomic E-state index is 15.0. The number of phenolic OH excluding ortho intramolecular Hbond substituents is 1. The number of aromatic amines is 1. The minimum absolute atomic E-state index is 0.0440. The maximum atomic E-state index is 15.0. The van der Waals surface area contributed by atoms with Crippen molar-refractivity contribution in [2.24, 2.45) is 40.7 Å². The number of oxime groups is 1. The van der Waals surface area contributed by atoms with Gasteiger partial charge >= 0.3 is 5.97 Å². The number of aromatic hydroxyl groups is 1. The number of aliphatic hydroxyl groups is 3. The number of piperidine rings is 1. The summed E-state index contributed by atoms with van der Waals surface area (Å²) in [6, 6.07) is 5.67. The third-order valence-electron chi connectivity index (χ3n) is 24.3. The van der Waals surface area contributed by atoms with Crippen LogP contribution in [0.25, 0.3) is 33.3 Å². The molecule has 5 aromatic rings. The SMILES string of the molecule is CO/N=C1/C[C@@H]([C@H](C)C[C@@H]2CC[C@H](n3cc(CCCC(=O)NCCOCCOCCOCCC(=O)NCCOCCOCCOCCC(=O)NCCCCn4nc(-c5cc6cc(O)ccc6[nH]5)c5c(N)ncnc54)nn3)[C@H](OC)C2)OC(=O)[C@@H]2CCCCN2C(=O)C(=O)[C@]2(O)O[C@@H](CC[C@H]2C)C[C@H](OC)/C(C)=C/C=C/C=C/[C@@H](C)C[C@@H](C)C(=O)[C@H](O)[C@H](O)/C(C)=C/[C@H]1C. The Kier molecular flexibility index (Phi) is 42.5. The molecule has 708 valence electrons. The van der Waals surface area contributed by atoms with Crippen LogP contribution in [0.3, 0.4) is 0 Å². The number of aryl methyl sites for hydroxylation is 2. The van der Waals surface area contributed by atoms with E-state index in [2.05, 4.69) is 46.4 Å². The number of cyclic esters (lactones) is 1. The Morgan fingerprint density at radius 3 is 2.09 bits per heavy atom. The van der Waals surface area contributed by atoms with Crippen LogP contribution < -0.4 is 21.7 Å². The summed E-state index contributed by atoms with van der Waals surface area (Å²) >= 11 is 0. The molecule has 0 unspecified atom stereocenters. The number of phenols is 1. The number of esters is 1. The van der Waals surface area contributed by atoms with Crippen LogP contribution in [-0.4, -0.2) is 287 Å². The number of anilines is 1. The summed E-state index contributed by atoms with van der Waals surface area (Å²) in [6.45, 7) is 18.3. The average molecular weight is 1790 g/mol. The standard InChI is InChI=1S/C92H138N14O22/c1-59-19-12-11-13-20-60(2)76(118-8)55-70-27-24-65(7)92(117,128-70)87(114)90(115)104-35-16-14-22-75(104)91(116)127-77(56-72(102-120-10)61(3)50-64(6)85(112)86(113)84(111)63(5)49-59)62(4)51-66-25-29-74(78(52-66)119-9)106-57-68(100-103-106)21-18-23-79(108)95-33-39-123-43-47-126-46-42-122-38-31-81(110)96-34-40-124-44-48-125-45-41-121-37-30-80(109)94-32-15-17-36-105-89-82(88(93)97-58-98-89)83(101-105)73-54-67-53-69(107)26-28-71(67)99-73/h11-13,19-20,26,28,50,53-54,57-59,61-63,65-66,70,74-78,85-86,99,107,112-113,117H,14-18,21-25,27,29-49,51-52,55-56H2,1-10H3,(H,94,109)(H,95,108)(H,96,110)(H2,93,97,98)/b13-11+,19-12+,60-20+,64-50+,102-72-/t59-,61-,62-,63-,65-,66+,70+,74+,75+,76+,77+,78-,85-,86+,92-/m1/s1. The van der Waals surface area contributed by atoms with Crippen LogP contribution in [0, 0.1) is 35.5 Å². The zero-order valence-electron chi connectivity index (χ0n) is 76.2. The van der Waals surface area contributed by atoms with Crippen LogP contribution in [0.5, 0.6) is 5.75 Å². The lowest BCUT2D eigenvalue weighted by Gasteiger charge is -2.42. The molecule has 9 rings (SSSR count). The highest BCUT2D eigenvalue weighted by atomic mass is 16.6. The molecule has 4 aliphatic rings. The van der Waals surface area contributed by atoms with Gasteiger partial charge in [-0.2, -0.15) is 5.10 Å². The number of hydrogen-bond donors (Lipinski definition) is 9. The van der Waals surface area contributed by atoms with E-state index in [1.165, 1.54) is 18.3 Å². The van der Waals surface area contributed by atoms with Crippen molar-refractivity contribution in [1.29, 1.82) is 0 Å². The van der Waals surface area contributed by atoms with Gasteiger partial charge in [0.1, 0.15) is 55.1 Å². The van der Waals surface area contributed by atoms with Crippen LogP contribution in [0.1, 0.15) is 176 Å². The first-order chi connectivity index (χ1) is 61.7. The second kappa shape index (κ2) is 53.1. The van der Waals surface area contributed by atoms with Gasteiger partial charge in [0.2, 0.25) is 23.5 Å². The van der Waals surface area contributed by atoms with Crippen LogP contribution in [0.15, 0.2) is 89.5 Å². The van der Waals surface area contributed by atoms with E-state index in [4.69, 9.17) is 63.0 Å². The molecule has 36 heteroatoms. The minimum Gasteiger partial charge on any atom is -0.508 e. The van der Waals surface area contributed by atoms with Gasteiger partial charge in [-0.3, -0.25) is 28.8 Å². The highest BCUT2D eigenvalue weighted by Crippen LogP contribution is 2.41. The summed E-state index contributed by atoms with van der Waals surface area (Å²) < 4.78 is 62.0. The van der Waals surface area contributed by atoms with Crippen molar-refractivity contribution in [3.63, 3.8) is 0 Å². The summed E-state index contributed by atoms with van der Waals surface area (Å²) in [5.74, 6) is -8.02. The normalized spacial score (nSPS) is 26.6. The number of ketones is 2. The summed E-state index contributed by atoms with van der Waals surface area (Å²) in [5, 5.41) is 73.4. The van der Waals surface area contributed by atoms with E-state index in [-0.39, 0.29) is 112 Å². The molecule has 15 atom stereocenters. The zero-order valence-corrected chi connectivity index (χ0v) is 76.2. The number of rotatable bonds is 41. The fourth-order valence-corrected chi connectivity index (χ4v) is 16.9. The van der Waals surface area contributed by atoms with Gasteiger partial charge in [-0.15, -0.1) is 5.10 Å². The summed E-state index contributed by atoms with van der Waals surface area (Å²) in [6.07, 6.45) is 17.7. The van der Waals surface area contributed by atoms with Gasteiger partial charge in [-0.25, -0.2) is 24.1 Å². The van der Waals surface area contributed by atoms with Crippen LogP contribution in [0.4, 0.5) is 5.82 Å². The molecule has 0 radical (unpaired) electrons. The van der Waals surface area contributed by atoms with Crippen LogP contribution in [-0.2, 0) is 98.7 Å². The number of aromatic nitrogens is 8. The molecule has 2 bridgehead atoms. The number of allylic oxidation sites excluding steroid dienone is 6. The number of fused-ring (bicyclic) bond motifs is 5. The van der Waals surface area contributed by atoms with Crippen molar-refractivity contribution >= 4 is 74.6 Å². The Morgan fingerprint density at radius 2 is 1.41 bits per heavy atom. The van der Waals surface area contributed by atoms with Crippen molar-refractivity contribution in [3.05, 3.63) is 90.1 Å². The first-order valence-corrected chi connectivity index (χ1v) is 45.4. The Labute approximate surface area is 749 Å². The predicted octanol–water partition coefficient (Wildman–Crippen LogP) is 8.04. The monoisotopic (exact) mass is 1790 g/mol. The number of nitrogens with two attached hydrogens (primary N) is 1. The maximum Gasteiger partial charge on any atom is 0.329 e. The lowest BCUT2D eigenvalue weighted by atomic mass is 9.77. The van der Waals surface area contributed by atoms with E-state index < -0.39 is 83.5 Å². The van der Waals surface area contributed by atoms with E-state index in [1.54, 1.807) is 63.9 Å². The molecule has 10 N–H and O–H groups in total. The third-order valence-corrected chi connectivity index (χ3v) is 24.3. The fourth-order valence-electron chi connectivity index (χ4n) is 16.9. The summed E-state index contributed by atoms with van der Waals surface area (Å²) in [7, 11) is 4.63. The highest BCUT2D eigenvalue weighted by Gasteiger charge is 2.53. The minimum atomic E-state index is -2.47. The second-order valence-electron chi connectivity index (χ2n) is 34.1. The topological polar surface area (TPSA) is 470 Å². The van der Waals surface area contributed by atoms with Crippen molar-refractivity contribution in [2.75, 3.05) is 133 Å². The molecule has 4 aromatic heterocycles. The number of nitrogens with one attached hydrogen (secondary N) is 4. The van der Waals surface area contributed by atoms with Crippen molar-refractivity contribution < 1.29 is 106 Å². The first kappa shape index (κ1) is 102. The van der Waals surface area contributed by atoms with E-state index in [1.807, 2.05) is 75.0 Å². The number of carbonyl (C=O) groups excluding carboxylic acids is 7. The quantitative estimate of drug-likeness (QED) is 0.00587. The molecule has 1 aromatic carbocycles. The number of unbranched alkanes of at least 4 members (excludes halogenated alkanes) is 1. The van der Waals surface area contributed by atoms with Crippen molar-refractivity contribution in [1.82, 2.24) is 60.6 Å². The van der Waals surface area contributed by atoms with Gasteiger partial charge in [0.25, 0.3) is 11.7 Å². The molecule has 3 fully saturated rings. The van der Waals surface area contributed by atoms with Crippen molar-refractivity contribution in [3.8, 4) is 17.1 Å². The third kappa shape index (κ3) is 31.2. The lowest BCUT2D eigenvalue weighted by Crippen LogP contribution is -2.61. The van der Waals surface area contributed by atoms with E-state index in [0.717, 1.165) is 47.1 Å². The number of amides is 4. The molecular formula is C92H138N14O22. The molecule has 3 aliphatic heterocycles. The van der Waals surface area contributed by atoms with Gasteiger partial charge in [-0.05, 0) is 157 Å². The Bertz CT molecular complexity index is 4510. The number of methoxy groups -OCH3 is 2. The van der Waals surface area contributed by atoms with Gasteiger partial charge < -0.3 is 104 Å². The number of nitrogen functional groups attached to an aromatic ring is 1. The van der Waals surface area contributed by atoms with Gasteiger partial charge in [0.15, 0.2) is 11.4 Å². The fraction of sp³-hybridized carbons (Fsp3) is 0.663. The number of H-pyrrole nitrogens is 1. The molecule has 128 heavy (non-hydrogen) atoms. The number of hydrogen-bond acceptors (Lipinski definition) is 29. The van der Waals surface area contributed by atoms with Crippen LogP contribution >= 0.6 is 0 Å². The number of benzene rings is 1. The number of nitrogens with zero attached hydrogens (tertiary/aromatic N) is 9. The highest BCUT2D eigenvalue weighted by molar-refractivity contribution is 6.39. The molecule has 0 spiro atoms. The van der Waals surface area contributed by atoms with E-state index >= 15 is 0 Å². The first-order valence-electron chi connectivity index (χ1n) is 45.4. The van der Waals surface area contributed by atoms with Gasteiger partial charge in [0.05, 0.1) is 126 Å². The number of carbonyl (C=O) groups is 7. The molecule has 1 saturated carbocycles. The van der Waals surface area contributed by atoms with Crippen LogP contribution in [0.2, 0.25) is 0 Å². The Balaban J connectivity index is 0.616. The molecule has 36 nitrogen and oxygen atoms in total. The van der Waals surface area contributed by atoms with Gasteiger partial charge in [0, 0.05) is 114 Å². The zero-order chi connectivity index (χ0) is 92.1. The molecule has 4 amide bonds. The molecule has 7 heterocycles. The number of Topliss-reactive ketones (excluding diaryl/α,β-unsaturated/α-hetero) is 2. The number of ether oxygens (including phenoxy) is 10. The molecule has 1 aliphatic carbocycles. The lowest BCUT2D eigenvalue weighted by molar-refractivity contribution is -0.265. The second-order valence-corrected chi connectivity index (χ2v) is 34.1. The predicted molar refractivity (Wildman–Crippen MR) is 477 cm³/mol. The Morgan fingerprint density at radius 1 is 0.734 bits per heavy atom. The smallest absolute Gasteiger partial charge is 0.329 e. The summed E-state index contributed by atoms with van der Waals surface area (Å²) in [4.78, 5) is 114. The summed E-state index contributed by atoms with van der Waals surface area (Å²) in [5.41, 5.74) is 11.4. The van der Waals surface area contributed by atoms with E-state index in [9.17, 15) is 54.0 Å². The van der Waals surface area contributed by atoms with E-state index in [0.29, 0.717) is 190 Å². The molecular weight excluding hydrogens is 1650 g/mol. The van der Waals surface area contributed by atoms with Gasteiger partial charge in [-0.1, -0.05) is 81.4 Å². The number of aliphatic hydroxyl groups excluding tert-OH is 2. The largest absolute Gasteiger partial charge is 0.508 e. The molecule has 2 saturated heterocycles.